The van der Waals surface area contributed by atoms with Gasteiger partial charge in [0.2, 0.25) is 5.91 Å². The summed E-state index contributed by atoms with van der Waals surface area (Å²) in [6.07, 6.45) is 3.38. The molecule has 6 nitrogen and oxygen atoms in total. The Morgan fingerprint density at radius 1 is 1.36 bits per heavy atom. The highest BCUT2D eigenvalue weighted by Crippen LogP contribution is 2.16. The minimum absolute atomic E-state index is 0. The third kappa shape index (κ3) is 8.08. The van der Waals surface area contributed by atoms with E-state index in [1.807, 2.05) is 11.9 Å². The van der Waals surface area contributed by atoms with Crippen molar-refractivity contribution in [1.29, 1.82) is 0 Å². The Morgan fingerprint density at radius 3 is 2.71 bits per heavy atom. The molecule has 1 fully saturated rings. The molecule has 1 aliphatic rings. The molecule has 9 heteroatoms. The summed E-state index contributed by atoms with van der Waals surface area (Å²) in [5, 5.41) is 3.39. The lowest BCUT2D eigenvalue weighted by Crippen LogP contribution is -2.43. The number of amides is 1. The second-order valence-corrected chi connectivity index (χ2v) is 7.31. The molecule has 1 aliphatic heterocycles. The molecule has 0 aromatic heterocycles. The van der Waals surface area contributed by atoms with Crippen LogP contribution in [0, 0.1) is 5.82 Å². The quantitative estimate of drug-likeness (QED) is 0.352. The van der Waals surface area contributed by atoms with E-state index in [0.717, 1.165) is 31.4 Å². The smallest absolute Gasteiger partial charge is 0.243 e. The predicted octanol–water partition coefficient (Wildman–Crippen LogP) is 3.13. The second kappa shape index (κ2) is 12.4. The van der Waals surface area contributed by atoms with Gasteiger partial charge in [-0.25, -0.2) is 9.38 Å². The zero-order valence-electron chi connectivity index (χ0n) is 16.6. The standard InChI is InChI=1S/C19H28ClFN4O2.HI/c1-24(2)18(26)12-23-19(22-11-15-6-4-5-9-27-15)25(3)13-14-7-8-16(20)17(21)10-14;/h7-8,10,15H,4-6,9,11-13H2,1-3H3,(H,22,23);1H. The molecule has 1 N–H and O–H groups in total. The summed E-state index contributed by atoms with van der Waals surface area (Å²) in [5.41, 5.74) is 0.766. The highest BCUT2D eigenvalue weighted by molar-refractivity contribution is 14.0. The molecule has 158 valence electrons. The molecule has 1 heterocycles. The average molecular weight is 527 g/mol. The molecule has 0 radical (unpaired) electrons. The number of carbonyl (C=O) groups excluding carboxylic acids is 1. The fourth-order valence-electron chi connectivity index (χ4n) is 2.76. The molecule has 1 amide bonds. The Balaban J connectivity index is 0.00000392. The topological polar surface area (TPSA) is 57.2 Å². The van der Waals surface area contributed by atoms with Crippen LogP contribution >= 0.6 is 35.6 Å². The zero-order chi connectivity index (χ0) is 19.8. The molecular weight excluding hydrogens is 498 g/mol. The summed E-state index contributed by atoms with van der Waals surface area (Å²) >= 11 is 5.75. The van der Waals surface area contributed by atoms with Gasteiger partial charge in [-0.15, -0.1) is 24.0 Å². The van der Waals surface area contributed by atoms with E-state index in [1.165, 1.54) is 17.0 Å². The minimum atomic E-state index is -0.451. The molecule has 1 unspecified atom stereocenters. The number of likely N-dealkylation sites (N-methyl/N-ethyl adjacent to an activating group) is 1. The summed E-state index contributed by atoms with van der Waals surface area (Å²) in [7, 11) is 5.24. The van der Waals surface area contributed by atoms with Crippen LogP contribution in [-0.2, 0) is 16.1 Å². The van der Waals surface area contributed by atoms with Gasteiger partial charge in [-0.05, 0) is 37.0 Å². The van der Waals surface area contributed by atoms with Gasteiger partial charge >= 0.3 is 0 Å². The fraction of sp³-hybridized carbons (Fsp3) is 0.579. The van der Waals surface area contributed by atoms with E-state index in [1.54, 1.807) is 20.2 Å². The molecule has 28 heavy (non-hydrogen) atoms. The number of nitrogens with one attached hydrogen (secondary N) is 1. The maximum absolute atomic E-state index is 13.7. The number of hydrogen-bond donors (Lipinski definition) is 1. The first-order valence-electron chi connectivity index (χ1n) is 9.12. The Hall–Kier alpha value is -1.13. The molecule has 0 aliphatic carbocycles. The number of ether oxygens (including phenoxy) is 1. The van der Waals surface area contributed by atoms with Crippen LogP contribution in [0.15, 0.2) is 23.2 Å². The third-order valence-corrected chi connectivity index (χ3v) is 4.70. The van der Waals surface area contributed by atoms with E-state index >= 15 is 0 Å². The average Bonchev–Trinajstić information content (AvgIpc) is 2.65. The first-order chi connectivity index (χ1) is 12.9. The van der Waals surface area contributed by atoms with Gasteiger partial charge in [0.15, 0.2) is 5.96 Å². The lowest BCUT2D eigenvalue weighted by Gasteiger charge is -2.27. The number of carbonyl (C=O) groups is 1. The van der Waals surface area contributed by atoms with Crippen LogP contribution in [0.4, 0.5) is 4.39 Å². The highest BCUT2D eigenvalue weighted by atomic mass is 127. The Bertz CT molecular complexity index is 669. The van der Waals surface area contributed by atoms with Gasteiger partial charge in [-0.3, -0.25) is 4.79 Å². The monoisotopic (exact) mass is 526 g/mol. The van der Waals surface area contributed by atoms with Gasteiger partial charge in [0.05, 0.1) is 11.1 Å². The number of aliphatic imine (C=N–C) groups is 1. The maximum Gasteiger partial charge on any atom is 0.243 e. The van der Waals surface area contributed by atoms with Crippen LogP contribution < -0.4 is 5.32 Å². The van der Waals surface area contributed by atoms with Crippen molar-refractivity contribution in [1.82, 2.24) is 15.1 Å². The molecule has 0 bridgehead atoms. The van der Waals surface area contributed by atoms with Crippen molar-refractivity contribution in [2.75, 3.05) is 40.8 Å². The number of benzene rings is 1. The van der Waals surface area contributed by atoms with Crippen LogP contribution in [0.3, 0.4) is 0 Å². The van der Waals surface area contributed by atoms with Crippen molar-refractivity contribution in [3.63, 3.8) is 0 Å². The van der Waals surface area contributed by atoms with Crippen molar-refractivity contribution < 1.29 is 13.9 Å². The van der Waals surface area contributed by atoms with Gasteiger partial charge in [0, 0.05) is 40.8 Å². The van der Waals surface area contributed by atoms with Gasteiger partial charge < -0.3 is 19.9 Å². The third-order valence-electron chi connectivity index (χ3n) is 4.39. The molecule has 0 spiro atoms. The molecule has 1 atom stereocenters. The molecule has 0 saturated carbocycles. The summed E-state index contributed by atoms with van der Waals surface area (Å²) in [6.45, 7) is 1.87. The van der Waals surface area contributed by atoms with Gasteiger partial charge in [0.25, 0.3) is 0 Å². The van der Waals surface area contributed by atoms with E-state index in [2.05, 4.69) is 10.3 Å². The number of halogens is 3. The van der Waals surface area contributed by atoms with Crippen molar-refractivity contribution in [2.45, 2.75) is 31.9 Å². The first kappa shape index (κ1) is 24.9. The number of nitrogens with zero attached hydrogens (tertiary/aromatic N) is 3. The minimum Gasteiger partial charge on any atom is -0.376 e. The molecule has 2 rings (SSSR count). The number of hydrogen-bond acceptors (Lipinski definition) is 3. The van der Waals surface area contributed by atoms with E-state index < -0.39 is 5.82 Å². The number of guanidine groups is 1. The van der Waals surface area contributed by atoms with Crippen molar-refractivity contribution in [2.24, 2.45) is 4.99 Å². The highest BCUT2D eigenvalue weighted by Gasteiger charge is 2.16. The Kier molecular flexibility index (Phi) is 11.1. The van der Waals surface area contributed by atoms with Crippen molar-refractivity contribution in [3.05, 3.63) is 34.6 Å². The SMILES string of the molecule is CN(C)C(=O)CN=C(NCC1CCCCO1)N(C)Cc1ccc(Cl)c(F)c1.I. The van der Waals surface area contributed by atoms with Crippen LogP contribution in [0.2, 0.25) is 5.02 Å². The fourth-order valence-corrected chi connectivity index (χ4v) is 2.87. The molecule has 1 aromatic carbocycles. The normalized spacial score (nSPS) is 16.9. The summed E-state index contributed by atoms with van der Waals surface area (Å²) in [4.78, 5) is 19.7. The van der Waals surface area contributed by atoms with Crippen LogP contribution in [0.1, 0.15) is 24.8 Å². The van der Waals surface area contributed by atoms with E-state index in [-0.39, 0.29) is 47.6 Å². The van der Waals surface area contributed by atoms with Crippen LogP contribution in [0.5, 0.6) is 0 Å². The van der Waals surface area contributed by atoms with Crippen LogP contribution in [-0.4, -0.2) is 68.6 Å². The van der Waals surface area contributed by atoms with Gasteiger partial charge in [0.1, 0.15) is 12.4 Å². The largest absolute Gasteiger partial charge is 0.376 e. The van der Waals surface area contributed by atoms with E-state index in [4.69, 9.17) is 16.3 Å². The zero-order valence-corrected chi connectivity index (χ0v) is 19.7. The summed E-state index contributed by atoms with van der Waals surface area (Å²) in [5.74, 6) is 0.0382. The molecule has 1 saturated heterocycles. The second-order valence-electron chi connectivity index (χ2n) is 6.90. The van der Waals surface area contributed by atoms with Gasteiger partial charge in [-0.2, -0.15) is 0 Å². The Labute approximate surface area is 188 Å². The summed E-state index contributed by atoms with van der Waals surface area (Å²) < 4.78 is 19.4. The lowest BCUT2D eigenvalue weighted by molar-refractivity contribution is -0.127. The Morgan fingerprint density at radius 2 is 2.11 bits per heavy atom. The predicted molar refractivity (Wildman–Crippen MR) is 121 cm³/mol. The molecule has 1 aromatic rings. The van der Waals surface area contributed by atoms with Gasteiger partial charge in [-0.1, -0.05) is 17.7 Å². The lowest BCUT2D eigenvalue weighted by atomic mass is 10.1. The molecular formula is C19H29ClFIN4O2. The van der Waals surface area contributed by atoms with E-state index in [9.17, 15) is 9.18 Å². The maximum atomic E-state index is 13.7. The summed E-state index contributed by atoms with van der Waals surface area (Å²) in [6, 6.07) is 4.72. The van der Waals surface area contributed by atoms with Crippen molar-refractivity contribution in [3.8, 4) is 0 Å². The van der Waals surface area contributed by atoms with Crippen molar-refractivity contribution >= 4 is 47.4 Å². The first-order valence-corrected chi connectivity index (χ1v) is 9.49. The van der Waals surface area contributed by atoms with E-state index in [0.29, 0.717) is 19.0 Å². The number of rotatable bonds is 6. The van der Waals surface area contributed by atoms with Crippen LogP contribution in [0.25, 0.3) is 0 Å².